The third-order valence-corrected chi connectivity index (χ3v) is 2.46. The minimum atomic E-state index is -2.64. The molecule has 1 heterocycles. The molecule has 0 bridgehead atoms. The Morgan fingerprint density at radius 1 is 1.31 bits per heavy atom. The standard InChI is InChI=1S/C10H8ClF2N3/c11-8-3-6(1-2-9(8)14)7-4-15-16(5-7)10(12)13/h1-5,10H,14H2. The molecular formula is C10H8ClF2N3. The van der Waals surface area contributed by atoms with Gasteiger partial charge in [0, 0.05) is 11.8 Å². The lowest BCUT2D eigenvalue weighted by atomic mass is 10.1. The summed E-state index contributed by atoms with van der Waals surface area (Å²) in [6, 6.07) is 4.94. The zero-order chi connectivity index (χ0) is 11.7. The Morgan fingerprint density at radius 3 is 2.62 bits per heavy atom. The third kappa shape index (κ3) is 1.99. The minimum absolute atomic E-state index is 0.391. The van der Waals surface area contributed by atoms with Gasteiger partial charge in [-0.05, 0) is 17.7 Å². The summed E-state index contributed by atoms with van der Waals surface area (Å²) in [6.07, 6.45) is 2.61. The highest BCUT2D eigenvalue weighted by atomic mass is 35.5. The molecule has 2 N–H and O–H groups in total. The molecule has 0 aliphatic rings. The smallest absolute Gasteiger partial charge is 0.333 e. The van der Waals surface area contributed by atoms with E-state index in [1.54, 1.807) is 18.2 Å². The molecule has 2 rings (SSSR count). The second kappa shape index (κ2) is 4.09. The molecule has 1 aromatic heterocycles. The van der Waals surface area contributed by atoms with E-state index in [-0.39, 0.29) is 0 Å². The van der Waals surface area contributed by atoms with Crippen LogP contribution in [0.5, 0.6) is 0 Å². The number of hydrogen-bond acceptors (Lipinski definition) is 2. The predicted octanol–water partition coefficient (Wildman–Crippen LogP) is 3.18. The first-order chi connectivity index (χ1) is 7.58. The van der Waals surface area contributed by atoms with Crippen molar-refractivity contribution in [3.63, 3.8) is 0 Å². The summed E-state index contributed by atoms with van der Waals surface area (Å²) in [5.74, 6) is 0. The Bertz CT molecular complexity index is 511. The maximum Gasteiger partial charge on any atom is 0.333 e. The van der Waals surface area contributed by atoms with Gasteiger partial charge in [0.1, 0.15) is 0 Å². The molecule has 0 radical (unpaired) electrons. The highest BCUT2D eigenvalue weighted by Gasteiger charge is 2.09. The Morgan fingerprint density at radius 2 is 2.06 bits per heavy atom. The molecule has 0 aliphatic heterocycles. The summed E-state index contributed by atoms with van der Waals surface area (Å²) in [4.78, 5) is 0. The molecule has 3 nitrogen and oxygen atoms in total. The number of hydrogen-bond donors (Lipinski definition) is 1. The number of aromatic nitrogens is 2. The van der Waals surface area contributed by atoms with Crippen LogP contribution in [0.3, 0.4) is 0 Å². The second-order valence-corrected chi connectivity index (χ2v) is 3.63. The zero-order valence-electron chi connectivity index (χ0n) is 8.07. The molecule has 0 atom stereocenters. The highest BCUT2D eigenvalue weighted by molar-refractivity contribution is 6.33. The van der Waals surface area contributed by atoms with Gasteiger partial charge in [0.2, 0.25) is 0 Å². The molecule has 2 aromatic rings. The van der Waals surface area contributed by atoms with E-state index in [0.29, 0.717) is 26.5 Å². The van der Waals surface area contributed by atoms with Gasteiger partial charge < -0.3 is 5.73 Å². The Balaban J connectivity index is 2.39. The number of anilines is 1. The largest absolute Gasteiger partial charge is 0.398 e. The highest BCUT2D eigenvalue weighted by Crippen LogP contribution is 2.27. The van der Waals surface area contributed by atoms with E-state index in [4.69, 9.17) is 17.3 Å². The van der Waals surface area contributed by atoms with Gasteiger partial charge in [-0.2, -0.15) is 13.9 Å². The van der Waals surface area contributed by atoms with Gasteiger partial charge in [-0.25, -0.2) is 4.68 Å². The predicted molar refractivity (Wildman–Crippen MR) is 58.3 cm³/mol. The first-order valence-corrected chi connectivity index (χ1v) is 4.83. The number of alkyl halides is 2. The molecule has 1 aromatic carbocycles. The van der Waals surface area contributed by atoms with Crippen LogP contribution in [0.4, 0.5) is 14.5 Å². The van der Waals surface area contributed by atoms with E-state index in [2.05, 4.69) is 5.10 Å². The van der Waals surface area contributed by atoms with Crippen LogP contribution in [0.2, 0.25) is 5.02 Å². The molecule has 0 saturated carbocycles. The molecule has 0 amide bonds. The summed E-state index contributed by atoms with van der Waals surface area (Å²) in [6.45, 7) is -2.64. The quantitative estimate of drug-likeness (QED) is 0.824. The molecule has 84 valence electrons. The molecule has 6 heteroatoms. The van der Waals surface area contributed by atoms with E-state index in [9.17, 15) is 8.78 Å². The van der Waals surface area contributed by atoms with Crippen molar-refractivity contribution in [2.75, 3.05) is 5.73 Å². The summed E-state index contributed by atoms with van der Waals surface area (Å²) >= 11 is 5.83. The first kappa shape index (κ1) is 10.9. The molecule has 0 aliphatic carbocycles. The van der Waals surface area contributed by atoms with Gasteiger partial charge in [-0.15, -0.1) is 0 Å². The van der Waals surface area contributed by atoms with Crippen LogP contribution in [0.15, 0.2) is 30.6 Å². The Labute approximate surface area is 95.4 Å². The number of benzene rings is 1. The fraction of sp³-hybridized carbons (Fsp3) is 0.100. The lowest BCUT2D eigenvalue weighted by molar-refractivity contribution is 0.0566. The van der Waals surface area contributed by atoms with E-state index in [1.165, 1.54) is 12.4 Å². The van der Waals surface area contributed by atoms with Crippen molar-refractivity contribution < 1.29 is 8.78 Å². The Kier molecular flexibility index (Phi) is 2.78. The van der Waals surface area contributed by atoms with E-state index < -0.39 is 6.55 Å². The maximum absolute atomic E-state index is 12.3. The van der Waals surface area contributed by atoms with Crippen LogP contribution in [0.1, 0.15) is 6.55 Å². The molecule has 0 fully saturated rings. The minimum Gasteiger partial charge on any atom is -0.398 e. The van der Waals surface area contributed by atoms with Crippen molar-refractivity contribution in [3.8, 4) is 11.1 Å². The van der Waals surface area contributed by atoms with Crippen LogP contribution in [-0.4, -0.2) is 9.78 Å². The summed E-state index contributed by atoms with van der Waals surface area (Å²) in [7, 11) is 0. The van der Waals surface area contributed by atoms with Gasteiger partial charge in [0.05, 0.1) is 16.9 Å². The lowest BCUT2D eigenvalue weighted by Gasteiger charge is -2.01. The molecule has 0 spiro atoms. The number of nitrogen functional groups attached to an aromatic ring is 1. The van der Waals surface area contributed by atoms with Gasteiger partial charge in [-0.1, -0.05) is 17.7 Å². The molecule has 0 saturated heterocycles. The van der Waals surface area contributed by atoms with E-state index >= 15 is 0 Å². The molecular weight excluding hydrogens is 236 g/mol. The second-order valence-electron chi connectivity index (χ2n) is 3.22. The first-order valence-electron chi connectivity index (χ1n) is 4.45. The van der Waals surface area contributed by atoms with Crippen LogP contribution in [-0.2, 0) is 0 Å². The van der Waals surface area contributed by atoms with Crippen molar-refractivity contribution in [2.24, 2.45) is 0 Å². The number of nitrogens with two attached hydrogens (primary N) is 1. The van der Waals surface area contributed by atoms with E-state index in [1.807, 2.05) is 0 Å². The van der Waals surface area contributed by atoms with Crippen molar-refractivity contribution in [1.82, 2.24) is 9.78 Å². The molecule has 16 heavy (non-hydrogen) atoms. The third-order valence-electron chi connectivity index (χ3n) is 2.14. The summed E-state index contributed by atoms with van der Waals surface area (Å²) < 4.78 is 25.2. The van der Waals surface area contributed by atoms with Crippen LogP contribution < -0.4 is 5.73 Å². The normalized spacial score (nSPS) is 11.0. The average Bonchev–Trinajstić information content (AvgIpc) is 2.71. The van der Waals surface area contributed by atoms with Crippen molar-refractivity contribution >= 4 is 17.3 Å². The van der Waals surface area contributed by atoms with Crippen molar-refractivity contribution in [3.05, 3.63) is 35.6 Å². The SMILES string of the molecule is Nc1ccc(-c2cnn(C(F)F)c2)cc1Cl. The number of rotatable bonds is 2. The van der Waals surface area contributed by atoms with Crippen LogP contribution >= 0.6 is 11.6 Å². The number of halogens is 3. The topological polar surface area (TPSA) is 43.8 Å². The summed E-state index contributed by atoms with van der Waals surface area (Å²) in [5.41, 5.74) is 7.27. The molecule has 0 unspecified atom stereocenters. The maximum atomic E-state index is 12.3. The number of nitrogens with zero attached hydrogens (tertiary/aromatic N) is 2. The average molecular weight is 244 g/mol. The van der Waals surface area contributed by atoms with Gasteiger partial charge in [0.15, 0.2) is 0 Å². The van der Waals surface area contributed by atoms with Crippen LogP contribution in [0, 0.1) is 0 Å². The fourth-order valence-electron chi connectivity index (χ4n) is 1.30. The zero-order valence-corrected chi connectivity index (χ0v) is 8.83. The van der Waals surface area contributed by atoms with Gasteiger partial charge in [-0.3, -0.25) is 0 Å². The van der Waals surface area contributed by atoms with E-state index in [0.717, 1.165) is 0 Å². The van der Waals surface area contributed by atoms with Crippen LogP contribution in [0.25, 0.3) is 11.1 Å². The monoisotopic (exact) mass is 243 g/mol. The van der Waals surface area contributed by atoms with Gasteiger partial charge in [0.25, 0.3) is 0 Å². The Hall–Kier alpha value is -1.62. The lowest BCUT2D eigenvalue weighted by Crippen LogP contribution is -1.96. The van der Waals surface area contributed by atoms with Crippen molar-refractivity contribution in [1.29, 1.82) is 0 Å². The fourth-order valence-corrected chi connectivity index (χ4v) is 1.48. The summed E-state index contributed by atoms with van der Waals surface area (Å²) in [5, 5.41) is 3.93. The van der Waals surface area contributed by atoms with Gasteiger partial charge >= 0.3 is 6.55 Å². The van der Waals surface area contributed by atoms with Crippen molar-refractivity contribution in [2.45, 2.75) is 6.55 Å².